The van der Waals surface area contributed by atoms with Gasteiger partial charge in [0, 0.05) is 32.7 Å². The molecule has 30 heavy (non-hydrogen) atoms. The van der Waals surface area contributed by atoms with Gasteiger partial charge in [0.15, 0.2) is 17.1 Å². The first-order chi connectivity index (χ1) is 14.5. The predicted octanol–water partition coefficient (Wildman–Crippen LogP) is 2.24. The number of alkyl halides is 3. The van der Waals surface area contributed by atoms with Crippen LogP contribution >= 0.6 is 0 Å². The second-order valence-electron chi connectivity index (χ2n) is 7.22. The van der Waals surface area contributed by atoms with Crippen LogP contribution in [0.5, 0.6) is 11.5 Å². The van der Waals surface area contributed by atoms with Crippen molar-refractivity contribution in [1.29, 1.82) is 0 Å². The van der Waals surface area contributed by atoms with Crippen molar-refractivity contribution in [2.45, 2.75) is 12.7 Å². The van der Waals surface area contributed by atoms with E-state index in [-0.39, 0.29) is 5.65 Å². The molecule has 0 amide bonds. The number of ether oxygens (including phenoxy) is 2. The van der Waals surface area contributed by atoms with Gasteiger partial charge in [-0.2, -0.15) is 17.7 Å². The zero-order valence-electron chi connectivity index (χ0n) is 16.0. The van der Waals surface area contributed by atoms with Crippen molar-refractivity contribution in [3.63, 3.8) is 0 Å². The smallest absolute Gasteiger partial charge is 0.453 e. The van der Waals surface area contributed by atoms with Crippen molar-refractivity contribution in [3.8, 4) is 11.5 Å². The molecule has 0 atom stereocenters. The van der Waals surface area contributed by atoms with Gasteiger partial charge in [-0.15, -0.1) is 15.3 Å². The van der Waals surface area contributed by atoms with Crippen LogP contribution in [0.2, 0.25) is 0 Å². The van der Waals surface area contributed by atoms with Gasteiger partial charge < -0.3 is 14.4 Å². The monoisotopic (exact) mass is 420 g/mol. The average Bonchev–Trinajstić information content (AvgIpc) is 3.18. The molecule has 2 aromatic heterocycles. The van der Waals surface area contributed by atoms with Crippen molar-refractivity contribution < 1.29 is 22.6 Å². The summed E-state index contributed by atoms with van der Waals surface area (Å²) in [5.74, 6) is 0.899. The maximum absolute atomic E-state index is 13.1. The number of rotatable bonds is 3. The summed E-state index contributed by atoms with van der Waals surface area (Å²) in [7, 11) is 0. The van der Waals surface area contributed by atoms with E-state index in [1.165, 1.54) is 6.07 Å². The van der Waals surface area contributed by atoms with E-state index in [2.05, 4.69) is 20.2 Å². The molecule has 158 valence electrons. The number of piperazine rings is 1. The molecule has 3 aromatic rings. The van der Waals surface area contributed by atoms with Crippen LogP contribution in [0.3, 0.4) is 0 Å². The number of aromatic nitrogens is 4. The van der Waals surface area contributed by atoms with E-state index in [9.17, 15) is 13.2 Å². The van der Waals surface area contributed by atoms with Gasteiger partial charge in [0.2, 0.25) is 0 Å². The maximum atomic E-state index is 13.1. The average molecular weight is 420 g/mol. The van der Waals surface area contributed by atoms with Crippen LogP contribution in [-0.4, -0.2) is 64.1 Å². The molecule has 0 radical (unpaired) electrons. The number of halogens is 3. The summed E-state index contributed by atoms with van der Waals surface area (Å²) in [5, 5.41) is 10.9. The van der Waals surface area contributed by atoms with E-state index in [4.69, 9.17) is 9.47 Å². The third-order valence-corrected chi connectivity index (χ3v) is 5.21. The third kappa shape index (κ3) is 3.60. The second-order valence-corrected chi connectivity index (χ2v) is 7.22. The fourth-order valence-corrected chi connectivity index (χ4v) is 3.70. The number of nitrogens with zero attached hydrogens (tertiary/aromatic N) is 6. The lowest BCUT2D eigenvalue weighted by Gasteiger charge is -2.35. The molecule has 0 N–H and O–H groups in total. The van der Waals surface area contributed by atoms with Gasteiger partial charge in [-0.3, -0.25) is 4.90 Å². The van der Waals surface area contributed by atoms with Gasteiger partial charge in [-0.05, 0) is 29.8 Å². The molecule has 0 aliphatic carbocycles. The minimum Gasteiger partial charge on any atom is -0.486 e. The van der Waals surface area contributed by atoms with Gasteiger partial charge >= 0.3 is 6.18 Å². The zero-order valence-corrected chi connectivity index (χ0v) is 16.0. The molecule has 1 fully saturated rings. The quantitative estimate of drug-likeness (QED) is 0.644. The highest BCUT2D eigenvalue weighted by Crippen LogP contribution is 2.31. The molecule has 1 saturated heterocycles. The first-order valence-electron chi connectivity index (χ1n) is 9.63. The summed E-state index contributed by atoms with van der Waals surface area (Å²) in [6.07, 6.45) is -4.60. The van der Waals surface area contributed by atoms with Crippen LogP contribution in [0.4, 0.5) is 19.0 Å². The molecular weight excluding hydrogens is 401 g/mol. The number of benzene rings is 1. The van der Waals surface area contributed by atoms with E-state index in [0.29, 0.717) is 32.1 Å². The van der Waals surface area contributed by atoms with Crippen molar-refractivity contribution >= 4 is 11.5 Å². The van der Waals surface area contributed by atoms with Gasteiger partial charge in [0.1, 0.15) is 19.0 Å². The van der Waals surface area contributed by atoms with Gasteiger partial charge in [-0.1, -0.05) is 6.07 Å². The summed E-state index contributed by atoms with van der Waals surface area (Å²) in [6, 6.07) is 9.14. The topological polar surface area (TPSA) is 68.0 Å². The highest BCUT2D eigenvalue weighted by Gasteiger charge is 2.37. The largest absolute Gasteiger partial charge is 0.486 e. The predicted molar refractivity (Wildman–Crippen MR) is 101 cm³/mol. The van der Waals surface area contributed by atoms with E-state index in [0.717, 1.165) is 41.2 Å². The Morgan fingerprint density at radius 2 is 1.67 bits per heavy atom. The van der Waals surface area contributed by atoms with Crippen molar-refractivity contribution in [2.75, 3.05) is 44.3 Å². The maximum Gasteiger partial charge on any atom is 0.453 e. The Labute approximate surface area is 169 Å². The zero-order chi connectivity index (χ0) is 20.7. The molecule has 2 aliphatic rings. The summed E-state index contributed by atoms with van der Waals surface area (Å²) in [6.45, 7) is 4.73. The molecule has 8 nitrogen and oxygen atoms in total. The lowest BCUT2D eigenvalue weighted by atomic mass is 10.1. The standard InChI is InChI=1S/C19H19F3N6O2/c20-19(21,22)18-24-23-16-3-4-17(25-28(16)18)27-7-5-26(6-8-27)12-13-1-2-14-15(11-13)30-10-9-29-14/h1-4,11H,5-10,12H2. The number of anilines is 1. The van der Waals surface area contributed by atoms with Crippen molar-refractivity contribution in [3.05, 3.63) is 41.7 Å². The van der Waals surface area contributed by atoms with E-state index >= 15 is 0 Å². The summed E-state index contributed by atoms with van der Waals surface area (Å²) in [5.41, 5.74) is 1.20. The van der Waals surface area contributed by atoms with Gasteiger partial charge in [0.05, 0.1) is 0 Å². The van der Waals surface area contributed by atoms with Crippen LogP contribution in [0.25, 0.3) is 5.65 Å². The van der Waals surface area contributed by atoms with Crippen LogP contribution in [0.1, 0.15) is 11.4 Å². The molecule has 0 spiro atoms. The molecule has 0 bridgehead atoms. The highest BCUT2D eigenvalue weighted by molar-refractivity contribution is 5.46. The van der Waals surface area contributed by atoms with E-state index in [1.54, 1.807) is 6.07 Å². The van der Waals surface area contributed by atoms with E-state index in [1.807, 2.05) is 23.1 Å². The summed E-state index contributed by atoms with van der Waals surface area (Å²) >= 11 is 0. The molecule has 0 saturated carbocycles. The van der Waals surface area contributed by atoms with Gasteiger partial charge in [-0.25, -0.2) is 0 Å². The Hall–Kier alpha value is -3.08. The molecule has 2 aliphatic heterocycles. The normalized spacial score (nSPS) is 17.5. The Kier molecular flexibility index (Phi) is 4.61. The second kappa shape index (κ2) is 7.31. The minimum absolute atomic E-state index is 0.0725. The van der Waals surface area contributed by atoms with E-state index < -0.39 is 12.0 Å². The number of fused-ring (bicyclic) bond motifs is 2. The lowest BCUT2D eigenvalue weighted by molar-refractivity contribution is -0.146. The Balaban J connectivity index is 1.26. The lowest BCUT2D eigenvalue weighted by Crippen LogP contribution is -2.46. The Morgan fingerprint density at radius 3 is 2.43 bits per heavy atom. The van der Waals surface area contributed by atoms with Crippen LogP contribution in [-0.2, 0) is 12.7 Å². The Morgan fingerprint density at radius 1 is 0.900 bits per heavy atom. The fourth-order valence-electron chi connectivity index (χ4n) is 3.70. The first-order valence-corrected chi connectivity index (χ1v) is 9.63. The summed E-state index contributed by atoms with van der Waals surface area (Å²) < 4.78 is 51.2. The highest BCUT2D eigenvalue weighted by atomic mass is 19.4. The number of hydrogen-bond donors (Lipinski definition) is 0. The Bertz CT molecular complexity index is 1060. The van der Waals surface area contributed by atoms with Crippen LogP contribution in [0.15, 0.2) is 30.3 Å². The van der Waals surface area contributed by atoms with Crippen LogP contribution < -0.4 is 14.4 Å². The molecule has 5 rings (SSSR count). The molecule has 11 heteroatoms. The van der Waals surface area contributed by atoms with Crippen molar-refractivity contribution in [2.24, 2.45) is 0 Å². The third-order valence-electron chi connectivity index (χ3n) is 5.21. The molecule has 4 heterocycles. The number of hydrogen-bond acceptors (Lipinski definition) is 7. The SMILES string of the molecule is FC(F)(F)c1nnc2ccc(N3CCN(Cc4ccc5c(c4)OCCO5)CC3)nn12. The van der Waals surface area contributed by atoms with Gasteiger partial charge in [0.25, 0.3) is 5.82 Å². The van der Waals surface area contributed by atoms with Crippen molar-refractivity contribution in [1.82, 2.24) is 24.7 Å². The fraction of sp³-hybridized carbons (Fsp3) is 0.421. The minimum atomic E-state index is -4.60. The first kappa shape index (κ1) is 18.9. The molecular formula is C19H19F3N6O2. The molecule has 1 aromatic carbocycles. The molecule has 0 unspecified atom stereocenters. The van der Waals surface area contributed by atoms with Crippen LogP contribution in [0, 0.1) is 0 Å². The summed E-state index contributed by atoms with van der Waals surface area (Å²) in [4.78, 5) is 4.26.